The molecule has 0 unspecified atom stereocenters. The third-order valence-corrected chi connectivity index (χ3v) is 2.70. The highest BCUT2D eigenvalue weighted by atomic mass is 16.5. The van der Waals surface area contributed by atoms with Crippen LogP contribution < -0.4 is 14.2 Å². The molecule has 0 radical (unpaired) electrons. The maximum absolute atomic E-state index is 5.32. The minimum atomic E-state index is 0.570. The van der Waals surface area contributed by atoms with Crippen LogP contribution >= 0.6 is 0 Å². The Bertz CT molecular complexity index is 595. The van der Waals surface area contributed by atoms with Crippen molar-refractivity contribution in [1.29, 1.82) is 0 Å². The molecule has 1 aromatic carbocycles. The van der Waals surface area contributed by atoms with E-state index in [0.717, 1.165) is 5.56 Å². The fourth-order valence-corrected chi connectivity index (χ4v) is 1.70. The van der Waals surface area contributed by atoms with E-state index in [1.54, 1.807) is 39.8 Å². The fraction of sp³-hybridized carbons (Fsp3) is 0.200. The first-order valence-electron chi connectivity index (χ1n) is 6.03. The molecular weight excluding hydrogens is 256 g/mol. The summed E-state index contributed by atoms with van der Waals surface area (Å²) in [5, 5.41) is 0. The summed E-state index contributed by atoms with van der Waals surface area (Å²) in [4.78, 5) is 8.52. The van der Waals surface area contributed by atoms with Gasteiger partial charge < -0.3 is 14.2 Å². The SMILES string of the molecule is COc1ccc(C=Nc2cccc(OC)c2OC)cn1. The molecule has 0 saturated heterocycles. The lowest BCUT2D eigenvalue weighted by atomic mass is 10.2. The van der Waals surface area contributed by atoms with Crippen LogP contribution in [0.4, 0.5) is 5.69 Å². The molecule has 0 aliphatic heterocycles. The van der Waals surface area contributed by atoms with Crippen LogP contribution in [0.2, 0.25) is 0 Å². The number of methoxy groups -OCH3 is 3. The number of benzene rings is 1. The van der Waals surface area contributed by atoms with E-state index in [9.17, 15) is 0 Å². The van der Waals surface area contributed by atoms with Crippen molar-refractivity contribution in [2.75, 3.05) is 21.3 Å². The van der Waals surface area contributed by atoms with Crippen molar-refractivity contribution in [2.24, 2.45) is 4.99 Å². The van der Waals surface area contributed by atoms with E-state index in [1.165, 1.54) is 0 Å². The molecule has 0 fully saturated rings. The van der Waals surface area contributed by atoms with Gasteiger partial charge in [0.2, 0.25) is 5.88 Å². The second kappa shape index (κ2) is 6.56. The van der Waals surface area contributed by atoms with Gasteiger partial charge in [-0.2, -0.15) is 0 Å². The predicted molar refractivity (Wildman–Crippen MR) is 77.6 cm³/mol. The van der Waals surface area contributed by atoms with Gasteiger partial charge in [0, 0.05) is 24.0 Å². The van der Waals surface area contributed by atoms with Gasteiger partial charge >= 0.3 is 0 Å². The lowest BCUT2D eigenvalue weighted by Gasteiger charge is -2.09. The van der Waals surface area contributed by atoms with Gasteiger partial charge in [-0.05, 0) is 18.2 Å². The standard InChI is InChI=1S/C15H16N2O3/c1-18-13-6-4-5-12(15(13)20-3)16-9-11-7-8-14(19-2)17-10-11/h4-10H,1-3H3. The highest BCUT2D eigenvalue weighted by Crippen LogP contribution is 2.36. The smallest absolute Gasteiger partial charge is 0.212 e. The van der Waals surface area contributed by atoms with Gasteiger partial charge in [0.15, 0.2) is 11.5 Å². The summed E-state index contributed by atoms with van der Waals surface area (Å²) in [5.41, 5.74) is 1.57. The molecule has 1 aromatic heterocycles. The Kier molecular flexibility index (Phi) is 4.55. The lowest BCUT2D eigenvalue weighted by Crippen LogP contribution is -1.91. The molecule has 104 valence electrons. The third-order valence-electron chi connectivity index (χ3n) is 2.70. The molecule has 0 aliphatic rings. The average Bonchev–Trinajstić information content (AvgIpc) is 2.52. The van der Waals surface area contributed by atoms with Crippen LogP contribution in [0.1, 0.15) is 5.56 Å². The van der Waals surface area contributed by atoms with Crippen molar-refractivity contribution in [2.45, 2.75) is 0 Å². The van der Waals surface area contributed by atoms with Crippen LogP contribution in [-0.2, 0) is 0 Å². The molecular formula is C15H16N2O3. The second-order valence-electron chi connectivity index (χ2n) is 3.90. The number of hydrogen-bond acceptors (Lipinski definition) is 5. The largest absolute Gasteiger partial charge is 0.493 e. The zero-order valence-corrected chi connectivity index (χ0v) is 11.7. The van der Waals surface area contributed by atoms with Gasteiger partial charge in [0.05, 0.1) is 21.3 Å². The number of aromatic nitrogens is 1. The van der Waals surface area contributed by atoms with E-state index < -0.39 is 0 Å². The number of aliphatic imine (C=N–C) groups is 1. The zero-order valence-electron chi connectivity index (χ0n) is 11.7. The van der Waals surface area contributed by atoms with Gasteiger partial charge in [-0.1, -0.05) is 6.07 Å². The van der Waals surface area contributed by atoms with Crippen LogP contribution in [0.3, 0.4) is 0 Å². The molecule has 0 N–H and O–H groups in total. The summed E-state index contributed by atoms with van der Waals surface area (Å²) in [5.74, 6) is 1.82. The molecule has 2 aromatic rings. The summed E-state index contributed by atoms with van der Waals surface area (Å²) < 4.78 is 15.6. The zero-order chi connectivity index (χ0) is 14.4. The van der Waals surface area contributed by atoms with E-state index in [1.807, 2.05) is 24.3 Å². The van der Waals surface area contributed by atoms with Crippen LogP contribution in [-0.4, -0.2) is 32.5 Å². The number of para-hydroxylation sites is 1. The predicted octanol–water partition coefficient (Wildman–Crippen LogP) is 2.86. The maximum Gasteiger partial charge on any atom is 0.212 e. The van der Waals surface area contributed by atoms with E-state index in [2.05, 4.69) is 9.98 Å². The number of hydrogen-bond donors (Lipinski definition) is 0. The molecule has 5 heteroatoms. The Balaban J connectivity index is 2.26. The van der Waals surface area contributed by atoms with Crippen molar-refractivity contribution >= 4 is 11.9 Å². The molecule has 2 rings (SSSR count). The monoisotopic (exact) mass is 272 g/mol. The maximum atomic E-state index is 5.32. The molecule has 0 saturated carbocycles. The highest BCUT2D eigenvalue weighted by Gasteiger charge is 2.07. The minimum absolute atomic E-state index is 0.570. The van der Waals surface area contributed by atoms with E-state index in [-0.39, 0.29) is 0 Å². The van der Waals surface area contributed by atoms with Crippen LogP contribution in [0.5, 0.6) is 17.4 Å². The van der Waals surface area contributed by atoms with E-state index in [4.69, 9.17) is 14.2 Å². The lowest BCUT2D eigenvalue weighted by molar-refractivity contribution is 0.356. The second-order valence-corrected chi connectivity index (χ2v) is 3.90. The van der Waals surface area contributed by atoms with Gasteiger partial charge in [0.25, 0.3) is 0 Å². The van der Waals surface area contributed by atoms with Crippen LogP contribution in [0.25, 0.3) is 0 Å². The average molecular weight is 272 g/mol. The van der Waals surface area contributed by atoms with E-state index in [0.29, 0.717) is 23.1 Å². The summed E-state index contributed by atoms with van der Waals surface area (Å²) in [7, 11) is 4.77. The highest BCUT2D eigenvalue weighted by molar-refractivity contribution is 5.82. The molecule has 5 nitrogen and oxygen atoms in total. The van der Waals surface area contributed by atoms with Crippen molar-refractivity contribution in [3.8, 4) is 17.4 Å². The third kappa shape index (κ3) is 3.06. The minimum Gasteiger partial charge on any atom is -0.493 e. The van der Waals surface area contributed by atoms with Gasteiger partial charge in [0.1, 0.15) is 5.69 Å². The van der Waals surface area contributed by atoms with Crippen LogP contribution in [0, 0.1) is 0 Å². The molecule has 0 amide bonds. The number of pyridine rings is 1. The quantitative estimate of drug-likeness (QED) is 0.785. The van der Waals surface area contributed by atoms with Crippen molar-refractivity contribution in [3.63, 3.8) is 0 Å². The van der Waals surface area contributed by atoms with Crippen molar-refractivity contribution < 1.29 is 14.2 Å². The molecule has 1 heterocycles. The summed E-state index contributed by atoms with van der Waals surface area (Å²) in [6, 6.07) is 9.20. The topological polar surface area (TPSA) is 52.9 Å². The summed E-state index contributed by atoms with van der Waals surface area (Å²) >= 11 is 0. The van der Waals surface area contributed by atoms with Gasteiger partial charge in [-0.15, -0.1) is 0 Å². The molecule has 0 atom stereocenters. The first kappa shape index (κ1) is 13.9. The summed E-state index contributed by atoms with van der Waals surface area (Å²) in [6.45, 7) is 0. The molecule has 0 bridgehead atoms. The van der Waals surface area contributed by atoms with E-state index >= 15 is 0 Å². The fourth-order valence-electron chi connectivity index (χ4n) is 1.70. The Morgan fingerprint density at radius 2 is 1.85 bits per heavy atom. The van der Waals surface area contributed by atoms with Gasteiger partial charge in [-0.3, -0.25) is 4.99 Å². The summed E-state index contributed by atoms with van der Waals surface area (Å²) in [6.07, 6.45) is 3.40. The number of ether oxygens (including phenoxy) is 3. The first-order chi connectivity index (χ1) is 9.78. The number of nitrogens with zero attached hydrogens (tertiary/aromatic N) is 2. The Labute approximate surface area is 117 Å². The normalized spacial score (nSPS) is 10.6. The molecule has 0 aliphatic carbocycles. The van der Waals surface area contributed by atoms with Gasteiger partial charge in [-0.25, -0.2) is 4.98 Å². The molecule has 0 spiro atoms. The Morgan fingerprint density at radius 1 is 1.00 bits per heavy atom. The first-order valence-corrected chi connectivity index (χ1v) is 6.03. The number of rotatable bonds is 5. The van der Waals surface area contributed by atoms with Crippen molar-refractivity contribution in [3.05, 3.63) is 42.1 Å². The Morgan fingerprint density at radius 3 is 2.45 bits per heavy atom. The molecule has 20 heavy (non-hydrogen) atoms. The van der Waals surface area contributed by atoms with Crippen molar-refractivity contribution in [1.82, 2.24) is 4.98 Å². The van der Waals surface area contributed by atoms with Crippen LogP contribution in [0.15, 0.2) is 41.5 Å². The Hall–Kier alpha value is -2.56.